The first-order chi connectivity index (χ1) is 11.6. The van der Waals surface area contributed by atoms with Crippen LogP contribution in [0.1, 0.15) is 42.1 Å². The molecule has 126 valence electrons. The van der Waals surface area contributed by atoms with Gasteiger partial charge in [0.2, 0.25) is 5.91 Å². The molecule has 1 amide bonds. The Kier molecular flexibility index (Phi) is 4.84. The van der Waals surface area contributed by atoms with E-state index in [2.05, 4.69) is 18.2 Å². The van der Waals surface area contributed by atoms with E-state index in [9.17, 15) is 9.59 Å². The Balaban J connectivity index is 1.71. The highest BCUT2D eigenvalue weighted by Gasteiger charge is 2.26. The maximum Gasteiger partial charge on any atom is 0.250 e. The van der Waals surface area contributed by atoms with Crippen molar-refractivity contribution in [3.05, 3.63) is 69.6 Å². The molecule has 0 fully saturated rings. The molecule has 0 N–H and O–H groups in total. The summed E-state index contributed by atoms with van der Waals surface area (Å²) in [4.78, 5) is 26.4. The molecule has 4 heteroatoms. The third kappa shape index (κ3) is 3.28. The van der Waals surface area contributed by atoms with Gasteiger partial charge in [0.15, 0.2) is 0 Å². The van der Waals surface area contributed by atoms with Crippen molar-refractivity contribution >= 4 is 5.91 Å². The predicted octanol–water partition coefficient (Wildman–Crippen LogP) is 3.08. The fourth-order valence-electron chi connectivity index (χ4n) is 3.60. The summed E-state index contributed by atoms with van der Waals surface area (Å²) in [6.07, 6.45) is 3.55. The SMILES string of the molecule is Cc1cccc(=O)n1CCC(=O)N(C)[C@@H]1CCCc2ccccc21. The van der Waals surface area contributed by atoms with E-state index in [1.54, 1.807) is 16.7 Å². The van der Waals surface area contributed by atoms with Gasteiger partial charge in [0.1, 0.15) is 0 Å². The van der Waals surface area contributed by atoms with Crippen LogP contribution in [0.4, 0.5) is 0 Å². The van der Waals surface area contributed by atoms with E-state index < -0.39 is 0 Å². The number of carbonyl (C=O) groups is 1. The van der Waals surface area contributed by atoms with Crippen LogP contribution in [0.3, 0.4) is 0 Å². The monoisotopic (exact) mass is 324 g/mol. The van der Waals surface area contributed by atoms with Crippen molar-refractivity contribution in [2.24, 2.45) is 0 Å². The zero-order valence-corrected chi connectivity index (χ0v) is 14.4. The summed E-state index contributed by atoms with van der Waals surface area (Å²) in [7, 11) is 1.88. The number of benzene rings is 1. The van der Waals surface area contributed by atoms with E-state index in [1.807, 2.05) is 31.0 Å². The number of rotatable bonds is 4. The number of pyridine rings is 1. The number of hydrogen-bond donors (Lipinski definition) is 0. The van der Waals surface area contributed by atoms with Crippen LogP contribution in [-0.2, 0) is 17.8 Å². The van der Waals surface area contributed by atoms with Gasteiger partial charge in [0.25, 0.3) is 5.56 Å². The maximum atomic E-state index is 12.7. The Bertz CT molecular complexity index is 794. The van der Waals surface area contributed by atoms with Gasteiger partial charge in [-0.25, -0.2) is 0 Å². The number of nitrogens with zero attached hydrogens (tertiary/aromatic N) is 2. The molecular formula is C20H24N2O2. The van der Waals surface area contributed by atoms with Gasteiger partial charge in [0, 0.05) is 31.8 Å². The number of carbonyl (C=O) groups excluding carboxylic acids is 1. The molecule has 0 saturated carbocycles. The summed E-state index contributed by atoms with van der Waals surface area (Å²) < 4.78 is 1.67. The summed E-state index contributed by atoms with van der Waals surface area (Å²) in [6, 6.07) is 13.7. The molecule has 1 aromatic carbocycles. The zero-order valence-electron chi connectivity index (χ0n) is 14.4. The number of hydrogen-bond acceptors (Lipinski definition) is 2. The van der Waals surface area contributed by atoms with Crippen LogP contribution in [0.2, 0.25) is 0 Å². The maximum absolute atomic E-state index is 12.7. The first-order valence-electron chi connectivity index (χ1n) is 8.58. The quantitative estimate of drug-likeness (QED) is 0.867. The molecule has 0 aliphatic heterocycles. The van der Waals surface area contributed by atoms with Gasteiger partial charge in [-0.15, -0.1) is 0 Å². The summed E-state index contributed by atoms with van der Waals surface area (Å²) in [6.45, 7) is 2.33. The molecule has 1 aromatic heterocycles. The summed E-state index contributed by atoms with van der Waals surface area (Å²) in [5.41, 5.74) is 3.46. The van der Waals surface area contributed by atoms with E-state index in [4.69, 9.17) is 0 Å². The van der Waals surface area contributed by atoms with Crippen molar-refractivity contribution in [2.45, 2.75) is 45.2 Å². The molecule has 1 aliphatic rings. The molecule has 0 radical (unpaired) electrons. The topological polar surface area (TPSA) is 42.3 Å². The molecule has 1 heterocycles. The zero-order chi connectivity index (χ0) is 17.1. The van der Waals surface area contributed by atoms with Crippen molar-refractivity contribution in [1.29, 1.82) is 0 Å². The molecule has 24 heavy (non-hydrogen) atoms. The lowest BCUT2D eigenvalue weighted by molar-refractivity contribution is -0.132. The van der Waals surface area contributed by atoms with Gasteiger partial charge in [-0.2, -0.15) is 0 Å². The van der Waals surface area contributed by atoms with Crippen LogP contribution in [0.25, 0.3) is 0 Å². The van der Waals surface area contributed by atoms with Gasteiger partial charge in [0.05, 0.1) is 6.04 Å². The van der Waals surface area contributed by atoms with E-state index >= 15 is 0 Å². The molecule has 1 aliphatic carbocycles. The summed E-state index contributed by atoms with van der Waals surface area (Å²) in [5.74, 6) is 0.0897. The van der Waals surface area contributed by atoms with Gasteiger partial charge < -0.3 is 9.47 Å². The van der Waals surface area contributed by atoms with Crippen molar-refractivity contribution in [1.82, 2.24) is 9.47 Å². The Hall–Kier alpha value is -2.36. The highest BCUT2D eigenvalue weighted by atomic mass is 16.2. The highest BCUT2D eigenvalue weighted by molar-refractivity contribution is 5.76. The molecular weight excluding hydrogens is 300 g/mol. The highest BCUT2D eigenvalue weighted by Crippen LogP contribution is 2.33. The molecule has 4 nitrogen and oxygen atoms in total. The van der Waals surface area contributed by atoms with Gasteiger partial charge in [-0.3, -0.25) is 9.59 Å². The van der Waals surface area contributed by atoms with Crippen LogP contribution in [-0.4, -0.2) is 22.4 Å². The van der Waals surface area contributed by atoms with Crippen molar-refractivity contribution in [2.75, 3.05) is 7.05 Å². The first kappa shape index (κ1) is 16.5. The average molecular weight is 324 g/mol. The fraction of sp³-hybridized carbons (Fsp3) is 0.400. The minimum Gasteiger partial charge on any atom is -0.339 e. The van der Waals surface area contributed by atoms with E-state index in [-0.39, 0.29) is 17.5 Å². The Morgan fingerprint density at radius 2 is 2.00 bits per heavy atom. The standard InChI is InChI=1S/C20H24N2O2/c1-15-7-5-12-20(24)22(15)14-13-19(23)21(2)18-11-6-9-16-8-3-4-10-17(16)18/h3-5,7-8,10,12,18H,6,9,11,13-14H2,1-2H3/t18-/m1/s1. The number of aryl methyl sites for hydroxylation is 2. The van der Waals surface area contributed by atoms with Crippen LogP contribution >= 0.6 is 0 Å². The largest absolute Gasteiger partial charge is 0.339 e. The lowest BCUT2D eigenvalue weighted by Crippen LogP contribution is -2.34. The Morgan fingerprint density at radius 1 is 1.21 bits per heavy atom. The summed E-state index contributed by atoms with van der Waals surface area (Å²) >= 11 is 0. The minimum atomic E-state index is -0.0477. The van der Waals surface area contributed by atoms with Crippen molar-refractivity contribution < 1.29 is 4.79 Å². The molecule has 0 spiro atoms. The normalized spacial score (nSPS) is 16.5. The molecule has 0 saturated heterocycles. The van der Waals surface area contributed by atoms with Crippen LogP contribution in [0.5, 0.6) is 0 Å². The average Bonchev–Trinajstić information content (AvgIpc) is 2.60. The third-order valence-corrected chi connectivity index (χ3v) is 5.02. The number of aromatic nitrogens is 1. The second-order valence-corrected chi connectivity index (χ2v) is 6.52. The van der Waals surface area contributed by atoms with Gasteiger partial charge in [-0.1, -0.05) is 30.3 Å². The van der Waals surface area contributed by atoms with Crippen molar-refractivity contribution in [3.63, 3.8) is 0 Å². The number of fused-ring (bicyclic) bond motifs is 1. The van der Waals surface area contributed by atoms with Crippen molar-refractivity contribution in [3.8, 4) is 0 Å². The van der Waals surface area contributed by atoms with Crippen LogP contribution in [0, 0.1) is 6.92 Å². The molecule has 2 aromatic rings. The van der Waals surface area contributed by atoms with Gasteiger partial charge in [-0.05, 0) is 43.4 Å². The molecule has 3 rings (SSSR count). The van der Waals surface area contributed by atoms with Crippen LogP contribution < -0.4 is 5.56 Å². The van der Waals surface area contributed by atoms with Crippen LogP contribution in [0.15, 0.2) is 47.3 Å². The Labute approximate surface area is 142 Å². The predicted molar refractivity (Wildman–Crippen MR) is 94.9 cm³/mol. The lowest BCUT2D eigenvalue weighted by Gasteiger charge is -2.33. The molecule has 0 bridgehead atoms. The fourth-order valence-corrected chi connectivity index (χ4v) is 3.60. The van der Waals surface area contributed by atoms with E-state index in [1.165, 1.54) is 11.1 Å². The van der Waals surface area contributed by atoms with E-state index in [0.29, 0.717) is 13.0 Å². The first-order valence-corrected chi connectivity index (χ1v) is 8.58. The second-order valence-electron chi connectivity index (χ2n) is 6.52. The van der Waals surface area contributed by atoms with E-state index in [0.717, 1.165) is 25.0 Å². The Morgan fingerprint density at radius 3 is 2.79 bits per heavy atom. The molecule has 0 unspecified atom stereocenters. The lowest BCUT2D eigenvalue weighted by atomic mass is 9.87. The molecule has 1 atom stereocenters. The third-order valence-electron chi connectivity index (χ3n) is 5.02. The smallest absolute Gasteiger partial charge is 0.250 e. The van der Waals surface area contributed by atoms with Gasteiger partial charge >= 0.3 is 0 Å². The second kappa shape index (κ2) is 7.04. The number of amides is 1. The minimum absolute atomic E-state index is 0.0477. The summed E-state index contributed by atoms with van der Waals surface area (Å²) in [5, 5.41) is 0.